The van der Waals surface area contributed by atoms with Gasteiger partial charge in [-0.1, -0.05) is 11.6 Å². The minimum atomic E-state index is -0.634. The third-order valence-electron chi connectivity index (χ3n) is 4.55. The number of rotatable bonds is 1. The van der Waals surface area contributed by atoms with E-state index in [4.69, 9.17) is 16.3 Å². The van der Waals surface area contributed by atoms with Crippen LogP contribution in [0.2, 0.25) is 5.02 Å². The topological polar surface area (TPSA) is 50.5 Å². The maximum Gasteiger partial charge on any atom is 0.143 e. The lowest BCUT2D eigenvalue weighted by molar-refractivity contribution is -0.110. The van der Waals surface area contributed by atoms with Gasteiger partial charge in [-0.3, -0.25) is 4.90 Å². The van der Waals surface area contributed by atoms with E-state index in [-0.39, 0.29) is 0 Å². The van der Waals surface area contributed by atoms with Gasteiger partial charge in [-0.2, -0.15) is 5.10 Å². The monoisotopic (exact) mass is 293 g/mol. The number of aromatic nitrogens is 2. The van der Waals surface area contributed by atoms with E-state index in [1.54, 1.807) is 0 Å². The van der Waals surface area contributed by atoms with Crippen LogP contribution in [-0.2, 0) is 10.4 Å². The van der Waals surface area contributed by atoms with E-state index in [0.717, 1.165) is 29.6 Å². The number of nitrogens with zero attached hydrogens (tertiary/aromatic N) is 3. The molecule has 0 amide bonds. The van der Waals surface area contributed by atoms with Crippen molar-refractivity contribution >= 4 is 22.5 Å². The molecule has 0 spiro atoms. The highest BCUT2D eigenvalue weighted by Crippen LogP contribution is 2.47. The predicted molar refractivity (Wildman–Crippen MR) is 75.7 cm³/mol. The highest BCUT2D eigenvalue weighted by Gasteiger charge is 2.49. The van der Waals surface area contributed by atoms with Gasteiger partial charge in [-0.15, -0.1) is 0 Å². The summed E-state index contributed by atoms with van der Waals surface area (Å²) in [6.07, 6.45) is 1.18. The van der Waals surface area contributed by atoms with E-state index in [2.05, 4.69) is 10.00 Å². The number of benzene rings is 1. The van der Waals surface area contributed by atoms with Gasteiger partial charge in [0, 0.05) is 29.1 Å². The van der Waals surface area contributed by atoms with E-state index in [0.29, 0.717) is 18.2 Å². The van der Waals surface area contributed by atoms with E-state index >= 15 is 0 Å². The van der Waals surface area contributed by atoms with E-state index in [1.165, 1.54) is 0 Å². The van der Waals surface area contributed by atoms with Crippen LogP contribution >= 0.6 is 11.6 Å². The molecule has 20 heavy (non-hydrogen) atoms. The highest BCUT2D eigenvalue weighted by atomic mass is 35.5. The third kappa shape index (κ3) is 1.46. The third-order valence-corrected chi connectivity index (χ3v) is 4.77. The molecule has 1 N–H and O–H groups in total. The Kier molecular flexibility index (Phi) is 2.63. The van der Waals surface area contributed by atoms with Gasteiger partial charge in [0.25, 0.3) is 0 Å². The van der Waals surface area contributed by atoms with Crippen LogP contribution in [0.15, 0.2) is 18.3 Å². The quantitative estimate of drug-likeness (QED) is 0.870. The molecule has 1 aromatic carbocycles. The van der Waals surface area contributed by atoms with Crippen molar-refractivity contribution in [3.05, 3.63) is 28.9 Å². The second-order valence-corrected chi connectivity index (χ2v) is 6.02. The first-order valence-electron chi connectivity index (χ1n) is 6.81. The minimum absolute atomic E-state index is 0.571. The molecule has 2 unspecified atom stereocenters. The van der Waals surface area contributed by atoms with Gasteiger partial charge >= 0.3 is 0 Å². The number of ether oxygens (including phenoxy) is 1. The molecular weight excluding hydrogens is 278 g/mol. The molecule has 4 rings (SSSR count). The molecule has 106 valence electrons. The Morgan fingerprint density at radius 2 is 2.15 bits per heavy atom. The number of aliphatic hydroxyl groups is 1. The highest BCUT2D eigenvalue weighted by molar-refractivity contribution is 6.31. The number of halogens is 1. The molecule has 0 radical (unpaired) electrons. The molecule has 1 fully saturated rings. The average molecular weight is 294 g/mol. The van der Waals surface area contributed by atoms with Crippen molar-refractivity contribution in [2.45, 2.75) is 18.7 Å². The molecule has 1 aromatic heterocycles. The minimum Gasteiger partial charge on any atom is -0.384 e. The van der Waals surface area contributed by atoms with Gasteiger partial charge in [-0.25, -0.2) is 4.68 Å². The Hall–Kier alpha value is -1.14. The molecule has 6 heteroatoms. The number of aliphatic hydroxyl groups excluding tert-OH is 1. The second kappa shape index (κ2) is 4.18. The van der Waals surface area contributed by atoms with Gasteiger partial charge in [0.2, 0.25) is 0 Å². The van der Waals surface area contributed by atoms with Crippen LogP contribution in [0.1, 0.15) is 18.6 Å². The molecule has 2 aliphatic rings. The summed E-state index contributed by atoms with van der Waals surface area (Å²) in [7, 11) is 0. The average Bonchev–Trinajstić information content (AvgIpc) is 2.97. The Bertz CT molecular complexity index is 680. The SMILES string of the molecule is CC1(N2CCOCC2)C(O)c2cc(Cl)cc3cnn1c23. The molecule has 0 aliphatic carbocycles. The fourth-order valence-electron chi connectivity index (χ4n) is 3.45. The van der Waals surface area contributed by atoms with Crippen LogP contribution in [0, 0.1) is 0 Å². The normalized spacial score (nSPS) is 30.2. The summed E-state index contributed by atoms with van der Waals surface area (Å²) in [5, 5.41) is 17.0. The first-order chi connectivity index (χ1) is 9.62. The summed E-state index contributed by atoms with van der Waals surface area (Å²) in [6, 6.07) is 3.74. The van der Waals surface area contributed by atoms with Crippen LogP contribution < -0.4 is 0 Å². The molecule has 2 aromatic rings. The maximum atomic E-state index is 10.8. The zero-order chi connectivity index (χ0) is 13.9. The fourth-order valence-corrected chi connectivity index (χ4v) is 3.68. The molecule has 0 bridgehead atoms. The summed E-state index contributed by atoms with van der Waals surface area (Å²) in [5.74, 6) is 0. The lowest BCUT2D eigenvalue weighted by Gasteiger charge is -2.43. The maximum absolute atomic E-state index is 10.8. The summed E-state index contributed by atoms with van der Waals surface area (Å²) >= 11 is 6.15. The Balaban J connectivity index is 1.91. The van der Waals surface area contributed by atoms with Crippen molar-refractivity contribution in [3.8, 4) is 0 Å². The van der Waals surface area contributed by atoms with Gasteiger partial charge in [0.15, 0.2) is 0 Å². The van der Waals surface area contributed by atoms with Crippen LogP contribution in [0.5, 0.6) is 0 Å². The van der Waals surface area contributed by atoms with Crippen molar-refractivity contribution in [3.63, 3.8) is 0 Å². The summed E-state index contributed by atoms with van der Waals surface area (Å²) < 4.78 is 7.35. The number of hydrogen-bond donors (Lipinski definition) is 1. The summed E-state index contributed by atoms with van der Waals surface area (Å²) in [5.41, 5.74) is 1.27. The van der Waals surface area contributed by atoms with E-state index in [1.807, 2.05) is 29.9 Å². The summed E-state index contributed by atoms with van der Waals surface area (Å²) in [4.78, 5) is 2.24. The molecule has 1 saturated heterocycles. The van der Waals surface area contributed by atoms with Gasteiger partial charge in [-0.05, 0) is 19.1 Å². The largest absolute Gasteiger partial charge is 0.384 e. The van der Waals surface area contributed by atoms with Crippen molar-refractivity contribution in [1.29, 1.82) is 0 Å². The molecule has 2 aliphatic heterocycles. The van der Waals surface area contributed by atoms with Crippen molar-refractivity contribution in [2.24, 2.45) is 0 Å². The Labute approximate surface area is 121 Å². The molecular formula is C14H16ClN3O2. The smallest absolute Gasteiger partial charge is 0.143 e. The van der Waals surface area contributed by atoms with Crippen LogP contribution in [0.3, 0.4) is 0 Å². The Morgan fingerprint density at radius 3 is 2.90 bits per heavy atom. The first kappa shape index (κ1) is 12.6. The lowest BCUT2D eigenvalue weighted by atomic mass is 9.99. The lowest BCUT2D eigenvalue weighted by Crippen LogP contribution is -2.54. The predicted octanol–water partition coefficient (Wildman–Crippen LogP) is 1.74. The zero-order valence-corrected chi connectivity index (χ0v) is 12.0. The van der Waals surface area contributed by atoms with Crippen LogP contribution in [0.25, 0.3) is 10.9 Å². The van der Waals surface area contributed by atoms with Crippen molar-refractivity contribution in [1.82, 2.24) is 14.7 Å². The first-order valence-corrected chi connectivity index (χ1v) is 7.18. The van der Waals surface area contributed by atoms with Gasteiger partial charge < -0.3 is 9.84 Å². The van der Waals surface area contributed by atoms with Crippen molar-refractivity contribution in [2.75, 3.05) is 26.3 Å². The van der Waals surface area contributed by atoms with E-state index < -0.39 is 11.8 Å². The second-order valence-electron chi connectivity index (χ2n) is 5.59. The molecule has 3 heterocycles. The van der Waals surface area contributed by atoms with Gasteiger partial charge in [0.1, 0.15) is 11.8 Å². The number of morpholine rings is 1. The Morgan fingerprint density at radius 1 is 1.40 bits per heavy atom. The molecule has 2 atom stereocenters. The molecule has 0 saturated carbocycles. The van der Waals surface area contributed by atoms with Crippen LogP contribution in [-0.4, -0.2) is 46.1 Å². The number of hydrogen-bond acceptors (Lipinski definition) is 4. The summed E-state index contributed by atoms with van der Waals surface area (Å²) in [6.45, 7) is 4.98. The molecule has 5 nitrogen and oxygen atoms in total. The zero-order valence-electron chi connectivity index (χ0n) is 11.2. The van der Waals surface area contributed by atoms with Crippen molar-refractivity contribution < 1.29 is 9.84 Å². The van der Waals surface area contributed by atoms with Gasteiger partial charge in [0.05, 0.1) is 24.9 Å². The standard InChI is InChI=1S/C14H16ClN3O2/c1-14(17-2-4-20-5-3-17)13(19)11-7-10(15)6-9-8-16-18(14)12(9)11/h6-8,13,19H,2-5H2,1H3. The van der Waals surface area contributed by atoms with Crippen LogP contribution in [0.4, 0.5) is 0 Å². The van der Waals surface area contributed by atoms with E-state index in [9.17, 15) is 5.11 Å². The fraction of sp³-hybridized carbons (Fsp3) is 0.500.